The van der Waals surface area contributed by atoms with Gasteiger partial charge in [0.05, 0.1) is 19.6 Å². The third-order valence-corrected chi connectivity index (χ3v) is 3.33. The first-order valence-electron chi connectivity index (χ1n) is 5.29. The number of para-hydroxylation sites is 1. The summed E-state index contributed by atoms with van der Waals surface area (Å²) in [7, 11) is 0. The number of rotatable bonds is 2. The largest absolute Gasteiger partial charge is 1.00 e. The molecule has 0 N–H and O–H groups in total. The molecule has 0 unspecified atom stereocenters. The van der Waals surface area contributed by atoms with Crippen LogP contribution >= 0.6 is 0 Å². The number of hydrogen-bond acceptors (Lipinski definition) is 0. The highest BCUT2D eigenvalue weighted by Gasteiger charge is 2.31. The lowest BCUT2D eigenvalue weighted by atomic mass is 10.2. The Bertz CT molecular complexity index is 265. The Kier molecular flexibility index (Phi) is 4.38. The number of quaternary nitrogens is 1. The molecule has 0 bridgehead atoms. The topological polar surface area (TPSA) is 0 Å². The van der Waals surface area contributed by atoms with Gasteiger partial charge < -0.3 is 24.0 Å². The number of halogens is 1. The molecule has 1 aliphatic rings. The van der Waals surface area contributed by atoms with E-state index in [0.717, 1.165) is 0 Å². The van der Waals surface area contributed by atoms with Crippen LogP contribution in [0.25, 0.3) is 0 Å². The Morgan fingerprint density at radius 2 is 1.64 bits per heavy atom. The molecule has 1 aromatic rings. The zero-order chi connectivity index (χ0) is 9.15. The van der Waals surface area contributed by atoms with Crippen molar-refractivity contribution in [3.63, 3.8) is 0 Å². The summed E-state index contributed by atoms with van der Waals surface area (Å²) < 4.78 is 1.21. The monoisotopic (exact) mass is 303 g/mol. The lowest BCUT2D eigenvalue weighted by Crippen LogP contribution is -3.00. The van der Waals surface area contributed by atoms with Crippen LogP contribution in [-0.2, 0) is 0 Å². The number of benzene rings is 1. The van der Waals surface area contributed by atoms with Crippen LogP contribution in [0.15, 0.2) is 30.3 Å². The summed E-state index contributed by atoms with van der Waals surface area (Å²) in [6.45, 7) is 6.21. The fraction of sp³-hybridized carbons (Fsp3) is 0.500. The van der Waals surface area contributed by atoms with E-state index in [1.807, 2.05) is 0 Å². The van der Waals surface area contributed by atoms with Crippen molar-refractivity contribution >= 4 is 5.69 Å². The van der Waals surface area contributed by atoms with Gasteiger partial charge in [0.2, 0.25) is 0 Å². The summed E-state index contributed by atoms with van der Waals surface area (Å²) in [5.74, 6) is 0. The van der Waals surface area contributed by atoms with Crippen LogP contribution in [0.5, 0.6) is 0 Å². The molecule has 2 heteroatoms. The van der Waals surface area contributed by atoms with Crippen molar-refractivity contribution in [3.05, 3.63) is 30.3 Å². The van der Waals surface area contributed by atoms with Crippen LogP contribution in [0, 0.1) is 0 Å². The zero-order valence-corrected chi connectivity index (χ0v) is 10.9. The van der Waals surface area contributed by atoms with E-state index in [1.165, 1.54) is 42.6 Å². The fourth-order valence-electron chi connectivity index (χ4n) is 2.44. The van der Waals surface area contributed by atoms with Gasteiger partial charge in [-0.15, -0.1) is 0 Å². The number of hydrogen-bond donors (Lipinski definition) is 0. The Morgan fingerprint density at radius 1 is 1.07 bits per heavy atom. The Morgan fingerprint density at radius 3 is 2.14 bits per heavy atom. The van der Waals surface area contributed by atoms with E-state index in [-0.39, 0.29) is 24.0 Å². The molecule has 0 amide bonds. The molecule has 0 radical (unpaired) electrons. The minimum Gasteiger partial charge on any atom is -1.00 e. The maximum atomic E-state index is 2.30. The maximum Gasteiger partial charge on any atom is 0.132 e. The van der Waals surface area contributed by atoms with E-state index in [1.54, 1.807) is 0 Å². The van der Waals surface area contributed by atoms with Gasteiger partial charge in [-0.05, 0) is 19.1 Å². The third-order valence-electron chi connectivity index (χ3n) is 3.33. The molecule has 0 spiro atoms. The average Bonchev–Trinajstić information content (AvgIpc) is 2.69. The van der Waals surface area contributed by atoms with Crippen molar-refractivity contribution in [1.29, 1.82) is 0 Å². The van der Waals surface area contributed by atoms with E-state index >= 15 is 0 Å². The molecule has 1 saturated heterocycles. The van der Waals surface area contributed by atoms with E-state index in [4.69, 9.17) is 0 Å². The predicted molar refractivity (Wildman–Crippen MR) is 57.7 cm³/mol. The van der Waals surface area contributed by atoms with Gasteiger partial charge in [0, 0.05) is 12.8 Å². The minimum absolute atomic E-state index is 0. The van der Waals surface area contributed by atoms with Crippen molar-refractivity contribution in [2.45, 2.75) is 19.8 Å². The van der Waals surface area contributed by atoms with Gasteiger partial charge in [0.15, 0.2) is 0 Å². The molecule has 2 rings (SSSR count). The highest BCUT2D eigenvalue weighted by Crippen LogP contribution is 2.28. The Balaban J connectivity index is 0.000000980. The molecule has 14 heavy (non-hydrogen) atoms. The quantitative estimate of drug-likeness (QED) is 0.525. The lowest BCUT2D eigenvalue weighted by Gasteiger charge is -2.32. The molecule has 0 atom stereocenters. The van der Waals surface area contributed by atoms with Gasteiger partial charge in [0.25, 0.3) is 0 Å². The van der Waals surface area contributed by atoms with Crippen molar-refractivity contribution in [3.8, 4) is 0 Å². The molecular formula is C12H18IN. The second-order valence-electron chi connectivity index (χ2n) is 3.95. The first-order valence-corrected chi connectivity index (χ1v) is 5.29. The molecule has 1 fully saturated rings. The summed E-state index contributed by atoms with van der Waals surface area (Å²) in [6, 6.07) is 11.0. The second kappa shape index (κ2) is 5.12. The van der Waals surface area contributed by atoms with Gasteiger partial charge >= 0.3 is 0 Å². The van der Waals surface area contributed by atoms with E-state index in [0.29, 0.717) is 0 Å². The average molecular weight is 303 g/mol. The van der Waals surface area contributed by atoms with E-state index < -0.39 is 0 Å². The Hall–Kier alpha value is -0.0900. The van der Waals surface area contributed by atoms with Gasteiger partial charge in [-0.25, -0.2) is 0 Å². The van der Waals surface area contributed by atoms with Crippen molar-refractivity contribution in [2.75, 3.05) is 19.6 Å². The number of likely N-dealkylation sites (tertiary alicyclic amines) is 1. The summed E-state index contributed by atoms with van der Waals surface area (Å²) in [4.78, 5) is 0. The predicted octanol–water partition coefficient (Wildman–Crippen LogP) is -0.188. The van der Waals surface area contributed by atoms with Gasteiger partial charge in [-0.2, -0.15) is 0 Å². The smallest absolute Gasteiger partial charge is 0.132 e. The van der Waals surface area contributed by atoms with Crippen molar-refractivity contribution in [1.82, 2.24) is 4.48 Å². The van der Waals surface area contributed by atoms with Crippen molar-refractivity contribution < 1.29 is 24.0 Å². The van der Waals surface area contributed by atoms with E-state index in [9.17, 15) is 0 Å². The molecule has 1 heterocycles. The normalized spacial score (nSPS) is 18.9. The second-order valence-corrected chi connectivity index (χ2v) is 3.95. The molecule has 78 valence electrons. The summed E-state index contributed by atoms with van der Waals surface area (Å²) in [5, 5.41) is 0. The van der Waals surface area contributed by atoms with Gasteiger partial charge in [-0.1, -0.05) is 18.2 Å². The number of nitrogens with zero attached hydrogens (tertiary/aromatic N) is 1. The lowest BCUT2D eigenvalue weighted by molar-refractivity contribution is -0.00000271. The maximum absolute atomic E-state index is 2.30. The summed E-state index contributed by atoms with van der Waals surface area (Å²) >= 11 is 0. The third kappa shape index (κ3) is 2.11. The first-order chi connectivity index (χ1) is 6.37. The molecule has 1 nitrogen and oxygen atoms in total. The molecule has 1 aromatic carbocycles. The highest BCUT2D eigenvalue weighted by molar-refractivity contribution is 5.43. The molecule has 0 saturated carbocycles. The van der Waals surface area contributed by atoms with Crippen LogP contribution in [0.1, 0.15) is 19.8 Å². The van der Waals surface area contributed by atoms with Crippen LogP contribution < -0.4 is 28.5 Å². The van der Waals surface area contributed by atoms with Gasteiger partial charge in [-0.3, -0.25) is 4.48 Å². The van der Waals surface area contributed by atoms with Crippen LogP contribution in [0.4, 0.5) is 5.69 Å². The van der Waals surface area contributed by atoms with Gasteiger partial charge in [0.1, 0.15) is 5.69 Å². The van der Waals surface area contributed by atoms with E-state index in [2.05, 4.69) is 37.3 Å². The van der Waals surface area contributed by atoms with Crippen LogP contribution in [0.2, 0.25) is 0 Å². The van der Waals surface area contributed by atoms with Crippen molar-refractivity contribution in [2.24, 2.45) is 0 Å². The Labute approximate surface area is 104 Å². The van der Waals surface area contributed by atoms with Crippen LogP contribution in [-0.4, -0.2) is 19.6 Å². The summed E-state index contributed by atoms with van der Waals surface area (Å²) in [6.07, 6.45) is 2.78. The fourth-order valence-corrected chi connectivity index (χ4v) is 2.44. The highest BCUT2D eigenvalue weighted by atomic mass is 127. The standard InChI is InChI=1S/C12H18N.HI/c1-2-13(10-6-7-11-13)12-8-4-3-5-9-12;/h3-5,8-9H,2,6-7,10-11H2,1H3;1H/q+1;/p-1. The summed E-state index contributed by atoms with van der Waals surface area (Å²) in [5.41, 5.74) is 1.50. The zero-order valence-electron chi connectivity index (χ0n) is 8.75. The molecule has 1 aliphatic heterocycles. The SMILES string of the molecule is CC[N+]1(c2ccccc2)CCCC1.[I-]. The minimum atomic E-state index is 0. The molecular weight excluding hydrogens is 285 g/mol. The molecule has 0 aromatic heterocycles. The first kappa shape index (κ1) is 12.0. The van der Waals surface area contributed by atoms with Crippen LogP contribution in [0.3, 0.4) is 0 Å². The molecule has 0 aliphatic carbocycles.